The molecule has 6 heteroatoms. The van der Waals surface area contributed by atoms with E-state index >= 15 is 0 Å². The molecule has 0 aromatic rings. The van der Waals surface area contributed by atoms with Crippen LogP contribution in [-0.4, -0.2) is 30.9 Å². The summed E-state index contributed by atoms with van der Waals surface area (Å²) in [5, 5.41) is 3.07. The number of rotatable bonds is 0. The molecule has 0 aliphatic heterocycles. The Labute approximate surface area is 233 Å². The van der Waals surface area contributed by atoms with Crippen molar-refractivity contribution in [3.05, 3.63) is 6.65 Å². The Morgan fingerprint density at radius 1 is 0.323 bits per heavy atom. The molecule has 0 spiro atoms. The predicted molar refractivity (Wildman–Crippen MR) is 147 cm³/mol. The van der Waals surface area contributed by atoms with E-state index in [0.717, 1.165) is 25.7 Å². The van der Waals surface area contributed by atoms with Crippen molar-refractivity contribution in [1.29, 1.82) is 0 Å². The van der Waals surface area contributed by atoms with Crippen LogP contribution >= 0.6 is 25.7 Å². The minimum absolute atomic E-state index is 0. The summed E-state index contributed by atoms with van der Waals surface area (Å²) in [7, 11) is 3.15. The van der Waals surface area contributed by atoms with Gasteiger partial charge in [-0.2, -0.15) is 0 Å². The molecule has 31 heavy (non-hydrogen) atoms. The molecule has 0 saturated heterocycles. The summed E-state index contributed by atoms with van der Waals surface area (Å²) in [5.74, 6) is 0. The Morgan fingerprint density at radius 3 is 0.387 bits per heavy atom. The molecule has 0 radical (unpaired) electrons. The minimum Gasteiger partial charge on any atom is 0 e. The summed E-state index contributed by atoms with van der Waals surface area (Å²) in [6.45, 7) is 45.9. The van der Waals surface area contributed by atoms with Crippen LogP contribution in [0.5, 0.6) is 0 Å². The van der Waals surface area contributed by atoms with Crippen molar-refractivity contribution in [2.45, 2.75) is 156 Å². The Kier molecular flexibility index (Phi) is 28.1. The van der Waals surface area contributed by atoms with Gasteiger partial charge < -0.3 is 0 Å². The van der Waals surface area contributed by atoms with E-state index in [2.05, 4.69) is 131 Å². The van der Waals surface area contributed by atoms with Gasteiger partial charge in [-0.05, 0) is 30.9 Å². The third kappa shape index (κ3) is 71.9. The van der Waals surface area contributed by atoms with Crippen LogP contribution in [0, 0.1) is 6.65 Å². The fraction of sp³-hybridized carbons (Fsp3) is 0.960. The van der Waals surface area contributed by atoms with Gasteiger partial charge in [0.15, 0.2) is 0 Å². The first-order valence-corrected chi connectivity index (χ1v) is 13.7. The number of hydrogen-bond donors (Lipinski definition) is 0. The molecule has 0 atom stereocenters. The summed E-state index contributed by atoms with van der Waals surface area (Å²) in [5.41, 5.74) is 0. The van der Waals surface area contributed by atoms with Crippen LogP contribution in [-0.2, 0) is 46.8 Å². The molecule has 0 bridgehead atoms. The largest absolute Gasteiger partial charge is 0 e. The minimum atomic E-state index is 0. The molecule has 0 aromatic heterocycles. The maximum Gasteiger partial charge on any atom is 0 e. The van der Waals surface area contributed by atoms with Gasteiger partial charge in [0.1, 0.15) is 0 Å². The van der Waals surface area contributed by atoms with Gasteiger partial charge in [-0.15, -0.1) is 25.7 Å². The quantitative estimate of drug-likeness (QED) is 0.132. The Hall–Kier alpha value is 2.41. The van der Waals surface area contributed by atoms with Crippen LogP contribution in [0.1, 0.15) is 125 Å². The maximum absolute atomic E-state index is 7.50. The zero-order chi connectivity index (χ0) is 25.1. The van der Waals surface area contributed by atoms with Crippen molar-refractivity contribution in [3.63, 3.8) is 0 Å². The van der Waals surface area contributed by atoms with Crippen molar-refractivity contribution in [3.8, 4) is 0 Å². The molecule has 0 amide bonds. The zero-order valence-corrected chi connectivity index (χ0v) is 31.6. The summed E-state index contributed by atoms with van der Waals surface area (Å²) in [6, 6.07) is 0. The van der Waals surface area contributed by atoms with Crippen molar-refractivity contribution < 1.29 is 46.8 Å². The first-order chi connectivity index (χ1) is 12.1. The van der Waals surface area contributed by atoms with Crippen LogP contribution in [0.4, 0.5) is 0 Å². The topological polar surface area (TPSA) is 19.9 Å². The standard InChI is InChI=1S/3C8H19P.CO.2Pt/c3*1-7(2,3)9-8(4,5)6;1-2;;/h3*9H,1-6H3;;;. The monoisotopic (exact) mass is 856 g/mol. The maximum atomic E-state index is 7.50. The van der Waals surface area contributed by atoms with E-state index in [4.69, 9.17) is 4.65 Å². The summed E-state index contributed by atoms with van der Waals surface area (Å²) >= 11 is 0. The fourth-order valence-corrected chi connectivity index (χ4v) is 10.1. The second-order valence-corrected chi connectivity index (χ2v) is 23.6. The second kappa shape index (κ2) is 18.6. The zero-order valence-electron chi connectivity index (χ0n) is 24.0. The van der Waals surface area contributed by atoms with E-state index in [1.807, 2.05) is 0 Å². The van der Waals surface area contributed by atoms with Gasteiger partial charge in [-0.25, -0.2) is 0 Å². The molecule has 0 unspecified atom stereocenters. The summed E-state index contributed by atoms with van der Waals surface area (Å²) < 4.78 is 7.50. The van der Waals surface area contributed by atoms with E-state index in [9.17, 15) is 0 Å². The van der Waals surface area contributed by atoms with Gasteiger partial charge in [0.05, 0.1) is 0 Å². The molecule has 0 aliphatic rings. The molecule has 0 fully saturated rings. The van der Waals surface area contributed by atoms with E-state index in [0.29, 0.717) is 30.9 Å². The van der Waals surface area contributed by atoms with Crippen molar-refractivity contribution in [1.82, 2.24) is 0 Å². The third-order valence-electron chi connectivity index (χ3n) is 2.25. The molecule has 0 aliphatic carbocycles. The van der Waals surface area contributed by atoms with Crippen molar-refractivity contribution in [2.75, 3.05) is 0 Å². The second-order valence-electron chi connectivity index (χ2n) is 13.9. The van der Waals surface area contributed by atoms with Crippen LogP contribution in [0.2, 0.25) is 0 Å². The van der Waals surface area contributed by atoms with Gasteiger partial charge in [0, 0.05) is 42.1 Å². The summed E-state index contributed by atoms with van der Waals surface area (Å²) in [4.78, 5) is 0. The average Bonchev–Trinajstić information content (AvgIpc) is 2.16. The van der Waals surface area contributed by atoms with Gasteiger partial charge in [0.25, 0.3) is 0 Å². The molecular weight excluding hydrogens is 799 g/mol. The average molecular weight is 857 g/mol. The first-order valence-electron chi connectivity index (χ1n) is 10.7. The molecule has 0 N–H and O–H groups in total. The SMILES string of the molecule is CC(C)(C)PC(C)(C)C.CC(C)(C)PC(C)(C)C.CC(C)(C)PC(C)(C)C.[C-]#[O+].[Pt].[Pt]. The molecular formula is C25H57OP3Pt2. The number of hydrogen-bond acceptors (Lipinski definition) is 0. The predicted octanol–water partition coefficient (Wildman–Crippen LogP) is 9.74. The van der Waals surface area contributed by atoms with E-state index in [1.54, 1.807) is 0 Å². The first kappa shape index (κ1) is 46.7. The molecule has 0 rings (SSSR count). The van der Waals surface area contributed by atoms with Crippen LogP contribution in [0.15, 0.2) is 0 Å². The molecule has 0 saturated carbocycles. The van der Waals surface area contributed by atoms with E-state index < -0.39 is 0 Å². The van der Waals surface area contributed by atoms with E-state index in [-0.39, 0.29) is 42.1 Å². The molecule has 1 nitrogen and oxygen atoms in total. The van der Waals surface area contributed by atoms with Crippen molar-refractivity contribution >= 4 is 25.7 Å². The van der Waals surface area contributed by atoms with Gasteiger partial charge in [-0.3, -0.25) is 0 Å². The van der Waals surface area contributed by atoms with Crippen LogP contribution < -0.4 is 0 Å². The normalized spacial score (nSPS) is 12.3. The Morgan fingerprint density at radius 2 is 0.387 bits per heavy atom. The third-order valence-corrected chi connectivity index (χ3v) is 6.75. The van der Waals surface area contributed by atoms with Crippen LogP contribution in [0.25, 0.3) is 0 Å². The van der Waals surface area contributed by atoms with Gasteiger partial charge in [-0.1, -0.05) is 125 Å². The van der Waals surface area contributed by atoms with E-state index in [1.165, 1.54) is 0 Å². The smallest absolute Gasteiger partial charge is 0 e. The molecule has 0 heterocycles. The Bertz CT molecular complexity index is 324. The van der Waals surface area contributed by atoms with Gasteiger partial charge >= 0.3 is 11.3 Å². The van der Waals surface area contributed by atoms with Gasteiger partial charge in [0.2, 0.25) is 0 Å². The van der Waals surface area contributed by atoms with Crippen LogP contribution in [0.3, 0.4) is 0 Å². The summed E-state index contributed by atoms with van der Waals surface area (Å²) in [6.07, 6.45) is 0. The molecule has 0 aromatic carbocycles. The van der Waals surface area contributed by atoms with Crippen molar-refractivity contribution in [2.24, 2.45) is 0 Å². The Balaban J connectivity index is -0.0000000703. The molecule has 198 valence electrons. The fourth-order valence-electron chi connectivity index (χ4n) is 3.38.